The third-order valence-electron chi connectivity index (χ3n) is 2.68. The summed E-state index contributed by atoms with van der Waals surface area (Å²) < 4.78 is 0. The summed E-state index contributed by atoms with van der Waals surface area (Å²) in [6.07, 6.45) is -0.353. The summed E-state index contributed by atoms with van der Waals surface area (Å²) in [6, 6.07) is 0. The van der Waals surface area contributed by atoms with E-state index in [0.29, 0.717) is 13.0 Å². The van der Waals surface area contributed by atoms with Gasteiger partial charge in [0.05, 0.1) is 0 Å². The zero-order chi connectivity index (χ0) is 10.7. The average Bonchev–Trinajstić information content (AvgIpc) is 1.82. The first-order chi connectivity index (χ1) is 5.73. The molecule has 0 aliphatic carbocycles. The van der Waals surface area contributed by atoms with E-state index >= 15 is 0 Å². The van der Waals surface area contributed by atoms with Gasteiger partial charge in [0, 0.05) is 5.54 Å². The van der Waals surface area contributed by atoms with Crippen LogP contribution in [0.4, 0.5) is 4.79 Å². The minimum Gasteiger partial charge on any atom is -0.465 e. The summed E-state index contributed by atoms with van der Waals surface area (Å²) in [6.45, 7) is 8.36. The number of nitrogens with one attached hydrogen (secondary N) is 1. The summed E-state index contributed by atoms with van der Waals surface area (Å²) in [5.74, 6) is 0. The van der Waals surface area contributed by atoms with Gasteiger partial charge in [0.25, 0.3) is 0 Å². The topological polar surface area (TPSA) is 75.3 Å². The lowest BCUT2D eigenvalue weighted by molar-refractivity contribution is 0.126. The van der Waals surface area contributed by atoms with E-state index in [0.717, 1.165) is 0 Å². The van der Waals surface area contributed by atoms with E-state index < -0.39 is 11.6 Å². The Hall–Kier alpha value is -0.770. The van der Waals surface area contributed by atoms with Crippen molar-refractivity contribution in [1.29, 1.82) is 0 Å². The molecule has 0 rings (SSSR count). The third kappa shape index (κ3) is 3.22. The molecule has 4 heteroatoms. The molecule has 0 spiro atoms. The maximum absolute atomic E-state index is 10.6. The van der Waals surface area contributed by atoms with Gasteiger partial charge in [0.15, 0.2) is 0 Å². The van der Waals surface area contributed by atoms with Crippen LogP contribution in [0.15, 0.2) is 0 Å². The zero-order valence-corrected chi connectivity index (χ0v) is 8.85. The van der Waals surface area contributed by atoms with Crippen LogP contribution in [-0.2, 0) is 0 Å². The molecule has 13 heavy (non-hydrogen) atoms. The van der Waals surface area contributed by atoms with Gasteiger partial charge >= 0.3 is 6.09 Å². The lowest BCUT2D eigenvalue weighted by atomic mass is 9.73. The van der Waals surface area contributed by atoms with E-state index in [-0.39, 0.29) is 5.41 Å². The number of carboxylic acid groups (broad SMARTS) is 1. The van der Waals surface area contributed by atoms with E-state index in [2.05, 4.69) is 5.32 Å². The molecule has 0 aromatic heterocycles. The lowest BCUT2D eigenvalue weighted by Gasteiger charge is -2.41. The molecule has 1 unspecified atom stereocenters. The Balaban J connectivity index is 4.62. The first kappa shape index (κ1) is 12.2. The molecule has 0 aliphatic heterocycles. The van der Waals surface area contributed by atoms with Crippen molar-refractivity contribution in [1.82, 2.24) is 5.32 Å². The minimum absolute atomic E-state index is 0.134. The summed E-state index contributed by atoms with van der Waals surface area (Å²) in [7, 11) is 0. The molecule has 1 atom stereocenters. The van der Waals surface area contributed by atoms with Crippen molar-refractivity contribution in [2.45, 2.75) is 39.7 Å². The van der Waals surface area contributed by atoms with E-state index in [1.807, 2.05) is 27.7 Å². The van der Waals surface area contributed by atoms with Crippen LogP contribution in [0.25, 0.3) is 0 Å². The fourth-order valence-corrected chi connectivity index (χ4v) is 1.15. The van der Waals surface area contributed by atoms with Gasteiger partial charge in [0.1, 0.15) is 0 Å². The van der Waals surface area contributed by atoms with Crippen LogP contribution in [0.3, 0.4) is 0 Å². The summed E-state index contributed by atoms with van der Waals surface area (Å²) >= 11 is 0. The highest BCUT2D eigenvalue weighted by molar-refractivity contribution is 5.65. The largest absolute Gasteiger partial charge is 0.465 e. The van der Waals surface area contributed by atoms with E-state index in [1.165, 1.54) is 0 Å². The molecule has 0 radical (unpaired) electrons. The SMILES string of the molecule is CC(C)(C)C(C)(CCN)NC(=O)O. The van der Waals surface area contributed by atoms with E-state index in [1.54, 1.807) is 0 Å². The number of rotatable bonds is 3. The monoisotopic (exact) mass is 188 g/mol. The van der Waals surface area contributed by atoms with Gasteiger partial charge in [-0.1, -0.05) is 20.8 Å². The lowest BCUT2D eigenvalue weighted by Crippen LogP contribution is -2.55. The highest BCUT2D eigenvalue weighted by Crippen LogP contribution is 2.32. The van der Waals surface area contributed by atoms with Crippen LogP contribution < -0.4 is 11.1 Å². The van der Waals surface area contributed by atoms with Crippen molar-refractivity contribution < 1.29 is 9.90 Å². The summed E-state index contributed by atoms with van der Waals surface area (Å²) in [5, 5.41) is 11.2. The van der Waals surface area contributed by atoms with Gasteiger partial charge in [-0.2, -0.15) is 0 Å². The van der Waals surface area contributed by atoms with Crippen molar-refractivity contribution in [2.24, 2.45) is 11.1 Å². The molecule has 0 heterocycles. The molecule has 0 saturated carbocycles. The van der Waals surface area contributed by atoms with Crippen LogP contribution in [-0.4, -0.2) is 23.3 Å². The van der Waals surface area contributed by atoms with Gasteiger partial charge in [-0.15, -0.1) is 0 Å². The number of amides is 1. The second-order valence-corrected chi connectivity index (χ2v) is 4.55. The number of hydrogen-bond donors (Lipinski definition) is 3. The number of nitrogens with two attached hydrogens (primary N) is 1. The molecule has 0 bridgehead atoms. The quantitative estimate of drug-likeness (QED) is 0.626. The van der Waals surface area contributed by atoms with Gasteiger partial charge in [-0.05, 0) is 25.3 Å². The Morgan fingerprint density at radius 3 is 2.08 bits per heavy atom. The number of carbonyl (C=O) groups is 1. The molecule has 4 N–H and O–H groups in total. The maximum atomic E-state index is 10.6. The van der Waals surface area contributed by atoms with Crippen LogP contribution in [0.5, 0.6) is 0 Å². The molecule has 0 aromatic carbocycles. The predicted octanol–water partition coefficient (Wildman–Crippen LogP) is 1.41. The third-order valence-corrected chi connectivity index (χ3v) is 2.68. The first-order valence-electron chi connectivity index (χ1n) is 4.44. The Kier molecular flexibility index (Phi) is 3.72. The molecule has 0 aromatic rings. The fraction of sp³-hybridized carbons (Fsp3) is 0.889. The van der Waals surface area contributed by atoms with Gasteiger partial charge in [-0.3, -0.25) is 0 Å². The Morgan fingerprint density at radius 2 is 1.85 bits per heavy atom. The molecule has 0 fully saturated rings. The van der Waals surface area contributed by atoms with Crippen molar-refractivity contribution in [2.75, 3.05) is 6.54 Å². The molecule has 0 saturated heterocycles. The van der Waals surface area contributed by atoms with Gasteiger partial charge in [0.2, 0.25) is 0 Å². The molecular formula is C9H20N2O2. The second-order valence-electron chi connectivity index (χ2n) is 4.55. The Bertz CT molecular complexity index is 187. The normalized spacial score (nSPS) is 16.4. The maximum Gasteiger partial charge on any atom is 0.405 e. The highest BCUT2D eigenvalue weighted by Gasteiger charge is 2.37. The van der Waals surface area contributed by atoms with Gasteiger partial charge in [-0.25, -0.2) is 4.79 Å². The van der Waals surface area contributed by atoms with Crippen molar-refractivity contribution in [3.8, 4) is 0 Å². The fourth-order valence-electron chi connectivity index (χ4n) is 1.15. The van der Waals surface area contributed by atoms with Crippen LogP contribution in [0.1, 0.15) is 34.1 Å². The number of hydrogen-bond acceptors (Lipinski definition) is 2. The average molecular weight is 188 g/mol. The predicted molar refractivity (Wildman–Crippen MR) is 52.7 cm³/mol. The Morgan fingerprint density at radius 1 is 1.38 bits per heavy atom. The summed E-state index contributed by atoms with van der Waals surface area (Å²) in [5.41, 5.74) is 4.86. The minimum atomic E-state index is -0.995. The highest BCUT2D eigenvalue weighted by atomic mass is 16.4. The summed E-state index contributed by atoms with van der Waals surface area (Å²) in [4.78, 5) is 10.6. The second kappa shape index (κ2) is 3.96. The van der Waals surface area contributed by atoms with Crippen molar-refractivity contribution in [3.05, 3.63) is 0 Å². The first-order valence-corrected chi connectivity index (χ1v) is 4.44. The molecule has 0 aliphatic rings. The van der Waals surface area contributed by atoms with Gasteiger partial charge < -0.3 is 16.2 Å². The van der Waals surface area contributed by atoms with E-state index in [9.17, 15) is 4.79 Å². The smallest absolute Gasteiger partial charge is 0.405 e. The molecule has 4 nitrogen and oxygen atoms in total. The zero-order valence-electron chi connectivity index (χ0n) is 8.85. The van der Waals surface area contributed by atoms with Crippen LogP contribution in [0, 0.1) is 5.41 Å². The van der Waals surface area contributed by atoms with E-state index in [4.69, 9.17) is 10.8 Å². The Labute approximate surface area is 79.5 Å². The molecule has 78 valence electrons. The van der Waals surface area contributed by atoms with Crippen molar-refractivity contribution in [3.63, 3.8) is 0 Å². The standard InChI is InChI=1S/C9H20N2O2/c1-8(2,3)9(4,5-6-10)11-7(12)13/h11H,5-6,10H2,1-4H3,(H,12,13). The molecule has 1 amide bonds. The van der Waals surface area contributed by atoms with Crippen LogP contribution in [0.2, 0.25) is 0 Å². The molecular weight excluding hydrogens is 168 g/mol. The van der Waals surface area contributed by atoms with Crippen LogP contribution >= 0.6 is 0 Å². The van der Waals surface area contributed by atoms with Crippen molar-refractivity contribution >= 4 is 6.09 Å².